The molecule has 28 heavy (non-hydrogen) atoms. The molecule has 1 heterocycles. The molecular formula is C19H14BrCl2N3O3. The lowest BCUT2D eigenvalue weighted by Crippen LogP contribution is -2.43. The number of methoxy groups -OCH3 is 1. The summed E-state index contributed by atoms with van der Waals surface area (Å²) in [5.41, 5.74) is 2.10. The summed E-state index contributed by atoms with van der Waals surface area (Å²) in [6.07, 6.45) is 3.30. The van der Waals surface area contributed by atoms with Crippen LogP contribution in [-0.4, -0.2) is 35.0 Å². The van der Waals surface area contributed by atoms with Crippen molar-refractivity contribution in [2.24, 2.45) is 0 Å². The van der Waals surface area contributed by atoms with E-state index >= 15 is 0 Å². The Morgan fingerprint density at radius 2 is 1.75 bits per heavy atom. The fourth-order valence-corrected chi connectivity index (χ4v) is 3.74. The van der Waals surface area contributed by atoms with E-state index in [4.69, 9.17) is 27.9 Å². The van der Waals surface area contributed by atoms with Crippen LogP contribution in [0.2, 0.25) is 10.0 Å². The van der Waals surface area contributed by atoms with Gasteiger partial charge in [-0.05, 0) is 39.7 Å². The molecule has 0 saturated heterocycles. The zero-order chi connectivity index (χ0) is 20.3. The first-order valence-electron chi connectivity index (χ1n) is 8.13. The number of ether oxygens (including phenoxy) is 1. The Morgan fingerprint density at radius 1 is 1.11 bits per heavy atom. The molecule has 1 atom stereocenters. The Balaban J connectivity index is 1.93. The van der Waals surface area contributed by atoms with Gasteiger partial charge in [0.05, 0.1) is 28.2 Å². The lowest BCUT2D eigenvalue weighted by Gasteiger charge is -2.18. The molecule has 144 valence electrons. The molecule has 0 unspecified atom stereocenters. The zero-order valence-electron chi connectivity index (χ0n) is 14.6. The highest BCUT2D eigenvalue weighted by Crippen LogP contribution is 2.26. The Hall–Kier alpha value is -2.22. The number of hydrogen-bond acceptors (Lipinski definition) is 5. The highest BCUT2D eigenvalue weighted by atomic mass is 79.9. The third-order valence-electron chi connectivity index (χ3n) is 4.06. The number of nitrogens with zero attached hydrogens (tertiary/aromatic N) is 2. The van der Waals surface area contributed by atoms with Crippen LogP contribution in [0.5, 0.6) is 0 Å². The molecule has 3 rings (SSSR count). The first-order valence-corrected chi connectivity index (χ1v) is 9.68. The van der Waals surface area contributed by atoms with Crippen molar-refractivity contribution in [3.05, 3.63) is 68.4 Å². The van der Waals surface area contributed by atoms with Crippen LogP contribution in [0.3, 0.4) is 0 Å². The summed E-state index contributed by atoms with van der Waals surface area (Å²) in [5.74, 6) is -1.17. The predicted molar refractivity (Wildman–Crippen MR) is 111 cm³/mol. The van der Waals surface area contributed by atoms with Gasteiger partial charge in [0.15, 0.2) is 0 Å². The van der Waals surface area contributed by atoms with Crippen LogP contribution in [0.15, 0.2) is 47.2 Å². The molecule has 0 fully saturated rings. The predicted octanol–water partition coefficient (Wildman–Crippen LogP) is 4.21. The zero-order valence-corrected chi connectivity index (χ0v) is 17.7. The van der Waals surface area contributed by atoms with Crippen molar-refractivity contribution in [2.75, 3.05) is 7.11 Å². The number of hydrogen-bond donors (Lipinski definition) is 1. The molecule has 0 aliphatic heterocycles. The number of esters is 1. The molecule has 6 nitrogen and oxygen atoms in total. The van der Waals surface area contributed by atoms with Crippen LogP contribution in [0.25, 0.3) is 11.0 Å². The second-order valence-electron chi connectivity index (χ2n) is 5.81. The number of carbonyl (C=O) groups is 2. The molecular weight excluding hydrogens is 469 g/mol. The molecule has 0 aliphatic rings. The molecule has 1 amide bonds. The SMILES string of the molecule is COC(=O)[C@H](Cc1ccc(Br)c2nccnc12)NC(=O)c1c(Cl)cccc1Cl. The molecule has 1 aromatic heterocycles. The third kappa shape index (κ3) is 4.27. The summed E-state index contributed by atoms with van der Waals surface area (Å²) >= 11 is 15.6. The summed E-state index contributed by atoms with van der Waals surface area (Å²) in [6.45, 7) is 0. The first-order chi connectivity index (χ1) is 13.4. The molecule has 0 aliphatic carbocycles. The minimum atomic E-state index is -0.962. The van der Waals surface area contributed by atoms with E-state index in [1.54, 1.807) is 30.6 Å². The Kier molecular flexibility index (Phi) is 6.49. The second kappa shape index (κ2) is 8.86. The van der Waals surface area contributed by atoms with Gasteiger partial charge in [0.25, 0.3) is 5.91 Å². The number of fused-ring (bicyclic) bond motifs is 1. The second-order valence-corrected chi connectivity index (χ2v) is 7.48. The lowest BCUT2D eigenvalue weighted by molar-refractivity contribution is -0.142. The van der Waals surface area contributed by atoms with Crippen LogP contribution in [0.1, 0.15) is 15.9 Å². The van der Waals surface area contributed by atoms with E-state index in [0.717, 1.165) is 10.0 Å². The molecule has 9 heteroatoms. The van der Waals surface area contributed by atoms with Gasteiger partial charge in [-0.25, -0.2) is 4.79 Å². The van der Waals surface area contributed by atoms with E-state index in [-0.39, 0.29) is 22.0 Å². The average molecular weight is 483 g/mol. The monoisotopic (exact) mass is 481 g/mol. The van der Waals surface area contributed by atoms with Crippen molar-refractivity contribution < 1.29 is 14.3 Å². The van der Waals surface area contributed by atoms with Gasteiger partial charge in [-0.1, -0.05) is 35.3 Å². The van der Waals surface area contributed by atoms with Crippen molar-refractivity contribution in [3.63, 3.8) is 0 Å². The minimum absolute atomic E-state index is 0.0974. The summed E-state index contributed by atoms with van der Waals surface area (Å²) in [7, 11) is 1.25. The summed E-state index contributed by atoms with van der Waals surface area (Å²) in [4.78, 5) is 33.7. The minimum Gasteiger partial charge on any atom is -0.467 e. The van der Waals surface area contributed by atoms with E-state index < -0.39 is 17.9 Å². The number of amides is 1. The van der Waals surface area contributed by atoms with Gasteiger partial charge in [0, 0.05) is 23.3 Å². The van der Waals surface area contributed by atoms with E-state index in [0.29, 0.717) is 11.0 Å². The smallest absolute Gasteiger partial charge is 0.328 e. The fraction of sp³-hybridized carbons (Fsp3) is 0.158. The maximum atomic E-state index is 12.7. The number of carbonyl (C=O) groups excluding carboxylic acids is 2. The maximum absolute atomic E-state index is 12.7. The van der Waals surface area contributed by atoms with Gasteiger partial charge in [-0.3, -0.25) is 14.8 Å². The highest BCUT2D eigenvalue weighted by Gasteiger charge is 2.26. The molecule has 0 radical (unpaired) electrons. The average Bonchev–Trinajstić information content (AvgIpc) is 2.69. The Bertz CT molecular complexity index is 1040. The van der Waals surface area contributed by atoms with Crippen LogP contribution in [0.4, 0.5) is 0 Å². The quantitative estimate of drug-likeness (QED) is 0.551. The van der Waals surface area contributed by atoms with Crippen molar-refractivity contribution in [1.82, 2.24) is 15.3 Å². The van der Waals surface area contributed by atoms with Crippen molar-refractivity contribution >= 4 is 62.0 Å². The van der Waals surface area contributed by atoms with E-state index in [1.165, 1.54) is 7.11 Å². The number of nitrogens with one attached hydrogen (secondary N) is 1. The van der Waals surface area contributed by atoms with Gasteiger partial charge in [0.1, 0.15) is 11.6 Å². The van der Waals surface area contributed by atoms with Crippen LogP contribution in [-0.2, 0) is 16.0 Å². The molecule has 0 saturated carbocycles. The van der Waals surface area contributed by atoms with Crippen LogP contribution < -0.4 is 5.32 Å². The summed E-state index contributed by atoms with van der Waals surface area (Å²) in [6, 6.07) is 7.39. The van der Waals surface area contributed by atoms with Gasteiger partial charge >= 0.3 is 5.97 Å². The molecule has 0 spiro atoms. The number of benzene rings is 2. The molecule has 1 N–H and O–H groups in total. The van der Waals surface area contributed by atoms with Crippen molar-refractivity contribution in [2.45, 2.75) is 12.5 Å². The fourth-order valence-electron chi connectivity index (χ4n) is 2.74. The lowest BCUT2D eigenvalue weighted by atomic mass is 10.0. The van der Waals surface area contributed by atoms with Gasteiger partial charge < -0.3 is 10.1 Å². The van der Waals surface area contributed by atoms with Crippen LogP contribution in [0, 0.1) is 0 Å². The number of aromatic nitrogens is 2. The normalized spacial score (nSPS) is 11.9. The van der Waals surface area contributed by atoms with E-state index in [9.17, 15) is 9.59 Å². The summed E-state index contributed by atoms with van der Waals surface area (Å²) < 4.78 is 5.63. The maximum Gasteiger partial charge on any atom is 0.328 e. The Morgan fingerprint density at radius 3 is 2.39 bits per heavy atom. The highest BCUT2D eigenvalue weighted by molar-refractivity contribution is 9.10. The van der Waals surface area contributed by atoms with Crippen molar-refractivity contribution in [1.29, 1.82) is 0 Å². The van der Waals surface area contributed by atoms with Crippen molar-refractivity contribution in [3.8, 4) is 0 Å². The van der Waals surface area contributed by atoms with E-state index in [2.05, 4.69) is 31.2 Å². The standard InChI is InChI=1S/C19H14BrCl2N3O3/c1-28-19(27)14(25-18(26)15-12(21)3-2-4-13(15)22)9-10-5-6-11(20)17-16(10)23-7-8-24-17/h2-8,14H,9H2,1H3,(H,25,26)/t14-/m0/s1. The van der Waals surface area contributed by atoms with Gasteiger partial charge in [0.2, 0.25) is 0 Å². The van der Waals surface area contributed by atoms with Crippen LogP contribution >= 0.6 is 39.1 Å². The molecule has 2 aromatic carbocycles. The van der Waals surface area contributed by atoms with E-state index in [1.807, 2.05) is 12.1 Å². The van der Waals surface area contributed by atoms with Gasteiger partial charge in [-0.15, -0.1) is 0 Å². The largest absolute Gasteiger partial charge is 0.467 e. The topological polar surface area (TPSA) is 81.2 Å². The Labute approximate surface area is 179 Å². The number of halogens is 3. The number of rotatable bonds is 5. The third-order valence-corrected chi connectivity index (χ3v) is 5.33. The molecule has 0 bridgehead atoms. The van der Waals surface area contributed by atoms with Gasteiger partial charge in [-0.2, -0.15) is 0 Å². The first kappa shape index (κ1) is 20.5. The summed E-state index contributed by atoms with van der Waals surface area (Å²) in [5, 5.41) is 3.03. The molecule has 3 aromatic rings.